The first kappa shape index (κ1) is 96.2. The number of likely N-dealkylation sites (tertiary alicyclic amines) is 1. The predicted octanol–water partition coefficient (Wildman–Crippen LogP) is 18.5. The van der Waals surface area contributed by atoms with Gasteiger partial charge in [-0.05, 0) is 176 Å². The molecule has 9 N–H and O–H groups in total. The fraction of sp³-hybridized carbons (Fsp3) is 0.392. The van der Waals surface area contributed by atoms with Crippen LogP contribution in [0.3, 0.4) is 0 Å². The average Bonchev–Trinajstić information content (AvgIpc) is 1.68. The lowest BCUT2D eigenvalue weighted by molar-refractivity contribution is -0.109. The molecule has 4 saturated carbocycles. The number of aliphatic hydroxyl groups is 4. The molecule has 0 spiro atoms. The second-order valence-electron chi connectivity index (χ2n) is 35.8. The molecule has 0 bridgehead atoms. The van der Waals surface area contributed by atoms with E-state index in [1.54, 1.807) is 127 Å². The molecule has 728 valence electrons. The fourth-order valence-corrected chi connectivity index (χ4v) is 21.9. The number of thiazole rings is 4. The van der Waals surface area contributed by atoms with Gasteiger partial charge in [-0.3, -0.25) is 38.7 Å². The van der Waals surface area contributed by atoms with Crippen molar-refractivity contribution in [3.05, 3.63) is 196 Å². The molecule has 7 fully saturated rings. The molecule has 12 aromatic heterocycles. The van der Waals surface area contributed by atoms with E-state index in [9.17, 15) is 30.0 Å². The quantitative estimate of drug-likeness (QED) is 0.0197. The van der Waals surface area contributed by atoms with E-state index in [2.05, 4.69) is 93.0 Å². The zero-order chi connectivity index (χ0) is 95.3. The van der Waals surface area contributed by atoms with E-state index in [0.29, 0.717) is 48.5 Å². The Kier molecular flexibility index (Phi) is 32.3. The van der Waals surface area contributed by atoms with Crippen LogP contribution in [0.15, 0.2) is 196 Å². The molecule has 23 rings (SSSR count). The van der Waals surface area contributed by atoms with Gasteiger partial charge in [-0.15, -0.1) is 0 Å². The number of nitrogens with zero attached hydrogens (tertiary/aromatic N) is 17. The number of aromatic nitrogens is 16. The summed E-state index contributed by atoms with van der Waals surface area (Å²) in [7, 11) is 0. The Morgan fingerprint density at radius 3 is 0.971 bits per heavy atom. The summed E-state index contributed by atoms with van der Waals surface area (Å²) in [6, 6.07) is 38.5. The van der Waals surface area contributed by atoms with Gasteiger partial charge in [0.15, 0.2) is 26.8 Å². The normalized spacial score (nSPS) is 19.9. The number of anilines is 4. The van der Waals surface area contributed by atoms with Crippen molar-refractivity contribution in [2.75, 3.05) is 67.2 Å². The number of nitrogens with one attached hydrogen (secondary N) is 5. The summed E-state index contributed by atoms with van der Waals surface area (Å²) in [6.45, 7) is 9.03. The summed E-state index contributed by atoms with van der Waals surface area (Å²) in [6.07, 6.45) is 43.0. The second-order valence-corrected chi connectivity index (χ2v) is 39.9. The third-order valence-corrected chi connectivity index (χ3v) is 29.3. The standard InChI is InChI=1S/C27H32N6O2S.C25H27N5O4S.2C23H23N5O3S.C4H9N/c34-25-6-2-1-5-22(25)30-27-31-23-8-7-20(16-26(23)36-27)35-21-9-10-28-24(15-21)19-17-29-33(18-19)14-13-32-11-3-4-12-32;31-22-4-2-1-3-19(22)28-25-29-20-6-5-17(12-23(20)35-25)34-18-7-8-26-21(11-18)16-13-27-30(14-16)15-24-32-9-10-33-24;2*29-10-9-28-14-15(13-25-28)20-11-17(7-8-24-20)31-16-5-6-19-22(12-16)32-23(27-19)26-18-3-1-2-4-21(18)30;1-2-4-5-3-1/h7-10,15-18,22,25,34H,1-6,11-14H2,(H,30,31);5-8,11-14,19,22,24,31H,1-4,9-10,15H2,(H,28,29);2*5-8,10-14,18,21,30H,1-4,9H2,(H,26,27);5H,1-4H2/t22-,25-;19-,22-;2*18-,21-;/m1111./s1. The molecule has 0 unspecified atom stereocenters. The summed E-state index contributed by atoms with van der Waals surface area (Å²) >= 11 is 6.29. The van der Waals surface area contributed by atoms with Gasteiger partial charge in [0.05, 0.1) is 176 Å². The summed E-state index contributed by atoms with van der Waals surface area (Å²) in [5.41, 5.74) is 10.2. The molecule has 140 heavy (non-hydrogen) atoms. The summed E-state index contributed by atoms with van der Waals surface area (Å²) < 4.78 is 46.5. The topological polar surface area (TPSA) is 408 Å². The third-order valence-electron chi connectivity index (χ3n) is 25.5. The van der Waals surface area contributed by atoms with Gasteiger partial charge in [-0.2, -0.15) is 20.4 Å². The van der Waals surface area contributed by atoms with Gasteiger partial charge in [-0.25, -0.2) is 19.9 Å². The number of carbonyl (C=O) groups excluding carboxylic acids is 2. The highest BCUT2D eigenvalue weighted by Crippen LogP contribution is 2.41. The SMILES string of the molecule is C1CCNC1.O=CCn1cc(-c2cc(Oc3ccc4nc(N[C@@H]5CCCC[C@H]5O)sc4c3)ccn2)cn1.O=CCn1cc(-c2cc(Oc3ccc4nc(N[C@@H]5CCCC[C@H]5O)sc4c3)ccn2)cn1.O[C@@H]1CCCC[C@H]1Nc1nc2ccc(Oc3ccnc(-c4cnn(CC5OCCO5)c4)c3)cc2s1.O[C@@H]1CCCC[C@H]1Nc1nc2ccc(Oc3ccnc(-c4cnn(CCN5CCCC5)c4)c3)cc2s1. The van der Waals surface area contributed by atoms with Gasteiger partial charge in [0.1, 0.15) is 58.6 Å². The molecule has 0 radical (unpaired) electrons. The summed E-state index contributed by atoms with van der Waals surface area (Å²) in [4.78, 5) is 60.3. The number of fused-ring (bicyclic) bond motifs is 4. The Labute approximate surface area is 825 Å². The number of aliphatic hydroxyl groups excluding tert-OH is 4. The molecule has 4 aliphatic carbocycles. The average molecular weight is 1970 g/mol. The number of aldehydes is 2. The van der Waals surface area contributed by atoms with Crippen molar-refractivity contribution >= 4 is 119 Å². The van der Waals surface area contributed by atoms with Gasteiger partial charge in [0.25, 0.3) is 0 Å². The lowest BCUT2D eigenvalue weighted by Gasteiger charge is -2.27. The number of carbonyl (C=O) groups is 2. The monoisotopic (exact) mass is 1970 g/mol. The van der Waals surface area contributed by atoms with Crippen LogP contribution in [0.5, 0.6) is 46.0 Å². The van der Waals surface area contributed by atoms with E-state index in [1.807, 2.05) is 126 Å². The molecule has 0 amide bonds. The van der Waals surface area contributed by atoms with Gasteiger partial charge in [0, 0.05) is 127 Å². The molecule has 8 atom stereocenters. The van der Waals surface area contributed by atoms with Crippen LogP contribution in [0.25, 0.3) is 85.9 Å². The largest absolute Gasteiger partial charge is 0.457 e. The molecular weight excluding hydrogens is 1850 g/mol. The molecule has 4 aromatic carbocycles. The highest BCUT2D eigenvalue weighted by Gasteiger charge is 2.30. The van der Waals surface area contributed by atoms with Crippen molar-refractivity contribution in [1.29, 1.82) is 0 Å². The Bertz CT molecular complexity index is 6560. The molecule has 38 heteroatoms. The third kappa shape index (κ3) is 25.9. The van der Waals surface area contributed by atoms with Crippen LogP contribution in [0, 0.1) is 0 Å². The van der Waals surface area contributed by atoms with Crippen molar-refractivity contribution in [1.82, 2.24) is 89.2 Å². The zero-order valence-electron chi connectivity index (χ0n) is 77.5. The zero-order valence-corrected chi connectivity index (χ0v) is 80.8. The van der Waals surface area contributed by atoms with Crippen LogP contribution < -0.4 is 45.5 Å². The van der Waals surface area contributed by atoms with Crippen LogP contribution in [-0.2, 0) is 45.2 Å². The molecular formula is C102H114N22O12S4. The minimum Gasteiger partial charge on any atom is -0.457 e. The van der Waals surface area contributed by atoms with Crippen molar-refractivity contribution in [2.24, 2.45) is 0 Å². The van der Waals surface area contributed by atoms with Gasteiger partial charge < -0.3 is 89.9 Å². The number of rotatable bonds is 29. The van der Waals surface area contributed by atoms with Crippen molar-refractivity contribution in [3.8, 4) is 91.0 Å². The fourth-order valence-electron chi connectivity index (χ4n) is 18.0. The Hall–Kier alpha value is -12.7. The predicted molar refractivity (Wildman–Crippen MR) is 544 cm³/mol. The first-order valence-electron chi connectivity index (χ1n) is 48.4. The molecule has 34 nitrogen and oxygen atoms in total. The van der Waals surface area contributed by atoms with Gasteiger partial charge >= 0.3 is 0 Å². The second kappa shape index (κ2) is 47.0. The van der Waals surface area contributed by atoms with Crippen LogP contribution in [0.4, 0.5) is 20.5 Å². The maximum Gasteiger partial charge on any atom is 0.184 e. The van der Waals surface area contributed by atoms with E-state index in [-0.39, 0.29) is 68.0 Å². The number of ether oxygens (including phenoxy) is 6. The maximum absolute atomic E-state index is 10.7. The molecule has 3 aliphatic heterocycles. The summed E-state index contributed by atoms with van der Waals surface area (Å²) in [5.74, 6) is 5.65. The molecule has 7 aliphatic rings. The first-order valence-corrected chi connectivity index (χ1v) is 51.6. The van der Waals surface area contributed by atoms with Crippen molar-refractivity contribution in [3.63, 3.8) is 0 Å². The van der Waals surface area contributed by atoms with Gasteiger partial charge in [-0.1, -0.05) is 96.7 Å². The lowest BCUT2D eigenvalue weighted by Crippen LogP contribution is -2.36. The number of hydrogen-bond acceptors (Lipinski definition) is 34. The minimum absolute atomic E-state index is 0.0613. The van der Waals surface area contributed by atoms with E-state index in [1.165, 1.54) is 51.9 Å². The minimum atomic E-state index is -0.318. The highest BCUT2D eigenvalue weighted by atomic mass is 32.1. The Balaban J connectivity index is 0.000000117. The van der Waals surface area contributed by atoms with Crippen LogP contribution >= 0.6 is 45.3 Å². The highest BCUT2D eigenvalue weighted by molar-refractivity contribution is 7.23. The maximum atomic E-state index is 10.7. The van der Waals surface area contributed by atoms with Crippen molar-refractivity contribution in [2.45, 2.75) is 209 Å². The van der Waals surface area contributed by atoms with Crippen LogP contribution in [0.2, 0.25) is 0 Å². The Morgan fingerprint density at radius 1 is 0.357 bits per heavy atom. The van der Waals surface area contributed by atoms with E-state index in [0.717, 1.165) is 252 Å². The molecule has 3 saturated heterocycles. The first-order chi connectivity index (χ1) is 68.7. The van der Waals surface area contributed by atoms with E-state index in [4.69, 9.17) is 33.4 Å². The Morgan fingerprint density at radius 2 is 0.657 bits per heavy atom. The number of benzene rings is 4. The van der Waals surface area contributed by atoms with Gasteiger partial charge in [0.2, 0.25) is 0 Å². The van der Waals surface area contributed by atoms with E-state index >= 15 is 0 Å². The summed E-state index contributed by atoms with van der Waals surface area (Å²) in [5, 5.41) is 78.4. The molecule has 16 aromatic rings. The number of hydrogen-bond donors (Lipinski definition) is 9. The van der Waals surface area contributed by atoms with Crippen LogP contribution in [-0.4, -0.2) is 218 Å². The lowest BCUT2D eigenvalue weighted by atomic mass is 9.93. The molecule has 15 heterocycles. The smallest absolute Gasteiger partial charge is 0.184 e. The van der Waals surface area contributed by atoms with E-state index < -0.39 is 0 Å². The van der Waals surface area contributed by atoms with Crippen molar-refractivity contribution < 1.29 is 58.4 Å². The van der Waals surface area contributed by atoms with Crippen LogP contribution in [0.1, 0.15) is 128 Å². The number of pyridine rings is 4.